The Kier molecular flexibility index (Phi) is 7.04. The Bertz CT molecular complexity index is 415. The number of pyridine rings is 1. The summed E-state index contributed by atoms with van der Waals surface area (Å²) in [6.45, 7) is 5.61. The van der Waals surface area contributed by atoms with Crippen LogP contribution in [0.15, 0.2) is 24.5 Å². The van der Waals surface area contributed by atoms with E-state index >= 15 is 0 Å². The molecule has 0 radical (unpaired) electrons. The van der Waals surface area contributed by atoms with Crippen LogP contribution in [-0.2, 0) is 23.0 Å². The number of carbonyl (C=O) groups excluding carboxylic acids is 1. The van der Waals surface area contributed by atoms with E-state index in [2.05, 4.69) is 0 Å². The van der Waals surface area contributed by atoms with Gasteiger partial charge in [0.25, 0.3) is 0 Å². The number of hydrogen-bond acceptors (Lipinski definition) is 6. The zero-order chi connectivity index (χ0) is 16.0. The van der Waals surface area contributed by atoms with Crippen LogP contribution in [0.4, 0.5) is 0 Å². The molecule has 0 aliphatic carbocycles. The van der Waals surface area contributed by atoms with Crippen LogP contribution < -0.4 is 23.2 Å². The van der Waals surface area contributed by atoms with Gasteiger partial charge in [0.2, 0.25) is 0 Å². The normalized spacial score (nSPS) is 11.4. The number of esters is 1. The van der Waals surface area contributed by atoms with Crippen molar-refractivity contribution in [1.82, 2.24) is 0 Å². The topological polar surface area (TPSA) is 122 Å². The Balaban J connectivity index is 0.000000621. The van der Waals surface area contributed by atoms with Gasteiger partial charge in [-0.25, -0.2) is 23.2 Å². The summed E-state index contributed by atoms with van der Waals surface area (Å²) >= 11 is 0. The molecule has 1 rings (SSSR count). The van der Waals surface area contributed by atoms with Gasteiger partial charge in [0.15, 0.2) is 12.4 Å². The summed E-state index contributed by atoms with van der Waals surface area (Å²) in [6.07, 6.45) is 4.16. The predicted molar refractivity (Wildman–Crippen MR) is 57.2 cm³/mol. The molecule has 0 unspecified atom stereocenters. The van der Waals surface area contributed by atoms with Gasteiger partial charge in [0.05, 0.1) is 6.42 Å². The number of ether oxygens (including phenoxy) is 1. The summed E-state index contributed by atoms with van der Waals surface area (Å²) < 4.78 is 41.1. The minimum Gasteiger partial charge on any atom is -0.460 e. The van der Waals surface area contributed by atoms with Crippen molar-refractivity contribution in [1.29, 1.82) is 0 Å². The van der Waals surface area contributed by atoms with Crippen molar-refractivity contribution in [2.24, 2.45) is 7.05 Å². The molecule has 0 atom stereocenters. The minimum atomic E-state index is -4.94. The maximum Gasteiger partial charge on any atom is 0.310 e. The van der Waals surface area contributed by atoms with Gasteiger partial charge in [-0.3, -0.25) is 4.79 Å². The average Bonchev–Trinajstić information content (AvgIpc) is 2.16. The maximum absolute atomic E-state index is 11.5. The SMILES string of the molecule is C[n+]1ccc(CC(=O)OC(C)(C)C)cc1.[O-][Cl+3]([O-])([O-])[O-]. The second-order valence-electron chi connectivity index (χ2n) is 5.01. The van der Waals surface area contributed by atoms with E-state index in [-0.39, 0.29) is 5.97 Å². The highest BCUT2D eigenvalue weighted by atomic mass is 35.7. The van der Waals surface area contributed by atoms with E-state index in [4.69, 9.17) is 23.4 Å². The lowest BCUT2D eigenvalue weighted by Gasteiger charge is -2.19. The highest BCUT2D eigenvalue weighted by Crippen LogP contribution is 2.09. The molecular formula is C12H18ClNO6. The summed E-state index contributed by atoms with van der Waals surface area (Å²) in [5.41, 5.74) is 0.568. The molecule has 20 heavy (non-hydrogen) atoms. The zero-order valence-corrected chi connectivity index (χ0v) is 12.5. The lowest BCUT2D eigenvalue weighted by atomic mass is 10.1. The van der Waals surface area contributed by atoms with Crippen LogP contribution in [0.2, 0.25) is 0 Å². The summed E-state index contributed by atoms with van der Waals surface area (Å²) in [6, 6.07) is 3.84. The van der Waals surface area contributed by atoms with E-state index in [0.29, 0.717) is 6.42 Å². The predicted octanol–water partition coefficient (Wildman–Crippen LogP) is -3.36. The first-order valence-corrected chi connectivity index (χ1v) is 6.88. The van der Waals surface area contributed by atoms with Crippen molar-refractivity contribution >= 4 is 5.97 Å². The average molecular weight is 308 g/mol. The van der Waals surface area contributed by atoms with Crippen molar-refractivity contribution in [2.75, 3.05) is 0 Å². The number of halogens is 1. The quantitative estimate of drug-likeness (QED) is 0.415. The van der Waals surface area contributed by atoms with E-state index in [1.54, 1.807) is 0 Å². The Hall–Kier alpha value is -1.25. The van der Waals surface area contributed by atoms with Crippen LogP contribution in [-0.4, -0.2) is 11.6 Å². The second kappa shape index (κ2) is 7.51. The Labute approximate surface area is 119 Å². The maximum atomic E-state index is 11.5. The van der Waals surface area contributed by atoms with Gasteiger partial charge in [-0.15, -0.1) is 10.2 Å². The molecule has 7 nitrogen and oxygen atoms in total. The van der Waals surface area contributed by atoms with Crippen molar-refractivity contribution in [2.45, 2.75) is 32.8 Å². The highest BCUT2D eigenvalue weighted by molar-refractivity contribution is 5.72. The van der Waals surface area contributed by atoms with Crippen LogP contribution in [0.3, 0.4) is 0 Å². The van der Waals surface area contributed by atoms with Crippen LogP contribution >= 0.6 is 0 Å². The first kappa shape index (κ1) is 18.8. The highest BCUT2D eigenvalue weighted by Gasteiger charge is 2.16. The zero-order valence-electron chi connectivity index (χ0n) is 11.8. The number of rotatable bonds is 2. The molecule has 0 fully saturated rings. The van der Waals surface area contributed by atoms with Crippen LogP contribution in [0.1, 0.15) is 26.3 Å². The van der Waals surface area contributed by atoms with E-state index in [9.17, 15) is 4.79 Å². The standard InChI is InChI=1S/C12H18NO2.ClHO4/c1-12(2,3)15-11(14)9-10-5-7-13(4)8-6-10;2-1(3,4)5/h5-8H,9H2,1-4H3;(H,2,3,4,5)/q+1;/p-1. The summed E-state index contributed by atoms with van der Waals surface area (Å²) in [5, 5.41) is 0. The van der Waals surface area contributed by atoms with Gasteiger partial charge in [0, 0.05) is 12.1 Å². The molecule has 0 aliphatic heterocycles. The molecule has 0 aromatic carbocycles. The molecule has 8 heteroatoms. The van der Waals surface area contributed by atoms with Crippen molar-refractivity contribution in [3.8, 4) is 0 Å². The van der Waals surface area contributed by atoms with Gasteiger partial charge >= 0.3 is 5.97 Å². The van der Waals surface area contributed by atoms with E-state index < -0.39 is 15.8 Å². The summed E-state index contributed by atoms with van der Waals surface area (Å²) in [5.74, 6) is -0.184. The van der Waals surface area contributed by atoms with Crippen molar-refractivity contribution < 1.29 is 43.0 Å². The molecule has 0 saturated heterocycles. The number of aromatic nitrogens is 1. The number of aryl methyl sites for hydroxylation is 1. The molecule has 0 amide bonds. The second-order valence-corrected chi connectivity index (χ2v) is 5.77. The van der Waals surface area contributed by atoms with E-state index in [0.717, 1.165) is 5.56 Å². The number of nitrogens with zero attached hydrogens (tertiary/aromatic N) is 1. The summed E-state index contributed by atoms with van der Waals surface area (Å²) in [7, 11) is -3.00. The summed E-state index contributed by atoms with van der Waals surface area (Å²) in [4.78, 5) is 11.5. The molecule has 1 aromatic rings. The Morgan fingerprint density at radius 2 is 1.60 bits per heavy atom. The van der Waals surface area contributed by atoms with Crippen molar-refractivity contribution in [3.05, 3.63) is 30.1 Å². The van der Waals surface area contributed by atoms with Gasteiger partial charge in [-0.1, -0.05) is 0 Å². The van der Waals surface area contributed by atoms with Gasteiger partial charge in [0.1, 0.15) is 12.6 Å². The van der Waals surface area contributed by atoms with E-state index in [1.165, 1.54) is 0 Å². The number of hydrogen-bond donors (Lipinski definition) is 0. The molecular weight excluding hydrogens is 290 g/mol. The van der Waals surface area contributed by atoms with Crippen LogP contribution in [0.5, 0.6) is 0 Å². The van der Waals surface area contributed by atoms with Crippen molar-refractivity contribution in [3.63, 3.8) is 0 Å². The fourth-order valence-electron chi connectivity index (χ4n) is 1.19. The molecule has 0 aliphatic rings. The molecule has 114 valence electrons. The molecule has 0 bridgehead atoms. The third-order valence-electron chi connectivity index (χ3n) is 1.82. The van der Waals surface area contributed by atoms with Gasteiger partial charge < -0.3 is 4.74 Å². The lowest BCUT2D eigenvalue weighted by Crippen LogP contribution is -2.68. The van der Waals surface area contributed by atoms with Crippen LogP contribution in [0, 0.1) is 10.2 Å². The monoisotopic (exact) mass is 307 g/mol. The van der Waals surface area contributed by atoms with Crippen LogP contribution in [0.25, 0.3) is 0 Å². The lowest BCUT2D eigenvalue weighted by molar-refractivity contribution is -2.00. The fourth-order valence-corrected chi connectivity index (χ4v) is 1.19. The first-order chi connectivity index (χ1) is 8.87. The van der Waals surface area contributed by atoms with Gasteiger partial charge in [-0.05, 0) is 26.3 Å². The first-order valence-electron chi connectivity index (χ1n) is 5.64. The fraction of sp³-hybridized carbons (Fsp3) is 0.500. The molecule has 0 saturated carbocycles. The molecule has 0 N–H and O–H groups in total. The third kappa shape index (κ3) is 13.2. The smallest absolute Gasteiger partial charge is 0.310 e. The Morgan fingerprint density at radius 1 is 1.20 bits per heavy atom. The third-order valence-corrected chi connectivity index (χ3v) is 1.82. The molecule has 1 aromatic heterocycles. The number of carbonyl (C=O) groups is 1. The molecule has 0 spiro atoms. The minimum absolute atomic E-state index is 0.184. The largest absolute Gasteiger partial charge is 0.460 e. The van der Waals surface area contributed by atoms with Gasteiger partial charge in [-0.2, -0.15) is 0 Å². The Morgan fingerprint density at radius 3 is 1.95 bits per heavy atom. The molecule has 1 heterocycles. The van der Waals surface area contributed by atoms with E-state index in [1.807, 2.05) is 56.9 Å².